The van der Waals surface area contributed by atoms with Crippen LogP contribution in [-0.2, 0) is 19.6 Å². The lowest BCUT2D eigenvalue weighted by Gasteiger charge is -2.48. The number of likely N-dealkylation sites (tertiary alicyclic amines) is 2. The van der Waals surface area contributed by atoms with Gasteiger partial charge in [-0.25, -0.2) is 9.97 Å². The van der Waals surface area contributed by atoms with E-state index in [-0.39, 0.29) is 5.91 Å². The number of carbonyl (C=O) groups is 1. The number of nitrogens with one attached hydrogen (secondary N) is 2. The largest absolute Gasteiger partial charge is 0.348 e. The maximum atomic E-state index is 13.6. The van der Waals surface area contributed by atoms with E-state index in [0.717, 1.165) is 49.2 Å². The normalized spacial score (nSPS) is 17.9. The van der Waals surface area contributed by atoms with E-state index in [2.05, 4.69) is 60.6 Å². The quantitative estimate of drug-likeness (QED) is 0.360. The van der Waals surface area contributed by atoms with E-state index >= 15 is 0 Å². The number of piperidine rings is 2. The van der Waals surface area contributed by atoms with E-state index < -0.39 is 0 Å². The molecule has 0 atom stereocenters. The molecule has 2 saturated heterocycles. The van der Waals surface area contributed by atoms with Crippen LogP contribution in [0.3, 0.4) is 0 Å². The zero-order valence-corrected chi connectivity index (χ0v) is 23.7. The lowest BCUT2D eigenvalue weighted by atomic mass is 9.72. The van der Waals surface area contributed by atoms with Crippen molar-refractivity contribution in [2.45, 2.75) is 72.0 Å². The number of carbonyl (C=O) groups excluding carboxylic acids is 1. The molecule has 2 N–H and O–H groups in total. The molecule has 210 valence electrons. The Balaban J connectivity index is 1.18. The number of H-pyrrole nitrogens is 2. The molecule has 1 amide bonds. The molecule has 2 aromatic heterocycles. The van der Waals surface area contributed by atoms with Crippen LogP contribution >= 0.6 is 0 Å². The Hall–Kier alpha value is -2.97. The van der Waals surface area contributed by atoms with Crippen LogP contribution in [0.1, 0.15) is 79.9 Å². The second kappa shape index (κ2) is 12.9. The van der Waals surface area contributed by atoms with Crippen LogP contribution in [0.2, 0.25) is 0 Å². The van der Waals surface area contributed by atoms with Crippen molar-refractivity contribution in [3.05, 3.63) is 71.8 Å². The molecule has 8 nitrogen and oxygen atoms in total. The van der Waals surface area contributed by atoms with Crippen LogP contribution in [0, 0.1) is 11.3 Å². The summed E-state index contributed by atoms with van der Waals surface area (Å²) in [5.41, 5.74) is 2.27. The van der Waals surface area contributed by atoms with E-state index in [1.54, 1.807) is 12.4 Å². The highest BCUT2D eigenvalue weighted by molar-refractivity contribution is 5.94. The average molecular weight is 532 g/mol. The van der Waals surface area contributed by atoms with Gasteiger partial charge in [0, 0.05) is 56.5 Å². The van der Waals surface area contributed by atoms with Gasteiger partial charge in [-0.3, -0.25) is 9.69 Å². The number of aromatic nitrogens is 4. The van der Waals surface area contributed by atoms with Crippen molar-refractivity contribution in [1.29, 1.82) is 0 Å². The Morgan fingerprint density at radius 2 is 1.56 bits per heavy atom. The summed E-state index contributed by atoms with van der Waals surface area (Å²) in [7, 11) is 0. The fourth-order valence-electron chi connectivity index (χ4n) is 6.47. The summed E-state index contributed by atoms with van der Waals surface area (Å²) in [5.74, 6) is 2.85. The Bertz CT molecular complexity index is 1090. The summed E-state index contributed by atoms with van der Waals surface area (Å²) in [5, 5.41) is 0. The first-order valence-corrected chi connectivity index (χ1v) is 14.9. The Morgan fingerprint density at radius 1 is 0.923 bits per heavy atom. The summed E-state index contributed by atoms with van der Waals surface area (Å²) < 4.78 is 0. The zero-order chi connectivity index (χ0) is 27.1. The smallest absolute Gasteiger partial charge is 0.253 e. The van der Waals surface area contributed by atoms with Crippen molar-refractivity contribution >= 4 is 5.91 Å². The molecule has 8 heteroatoms. The van der Waals surface area contributed by atoms with Crippen LogP contribution in [0.15, 0.2) is 49.1 Å². The summed E-state index contributed by atoms with van der Waals surface area (Å²) in [4.78, 5) is 35.8. The molecule has 1 spiro atoms. The molecular weight excluding hydrogens is 486 g/mol. The topological polar surface area (TPSA) is 84.2 Å². The van der Waals surface area contributed by atoms with Gasteiger partial charge in [0.25, 0.3) is 5.91 Å². The van der Waals surface area contributed by atoms with Crippen LogP contribution in [-0.4, -0.2) is 73.3 Å². The summed E-state index contributed by atoms with van der Waals surface area (Å²) in [6, 6.07) is 8.21. The van der Waals surface area contributed by atoms with Crippen LogP contribution in [0.25, 0.3) is 0 Å². The van der Waals surface area contributed by atoms with Gasteiger partial charge in [-0.15, -0.1) is 0 Å². The second-order valence-electron chi connectivity index (χ2n) is 11.7. The van der Waals surface area contributed by atoms with Gasteiger partial charge >= 0.3 is 0 Å². The van der Waals surface area contributed by atoms with Gasteiger partial charge in [-0.2, -0.15) is 0 Å². The molecule has 39 heavy (non-hydrogen) atoms. The summed E-state index contributed by atoms with van der Waals surface area (Å²) in [6.07, 6.45) is 14.6. The minimum Gasteiger partial charge on any atom is -0.348 e. The second-order valence-corrected chi connectivity index (χ2v) is 11.7. The molecule has 2 aliphatic rings. The van der Waals surface area contributed by atoms with Gasteiger partial charge in [0.15, 0.2) is 0 Å². The molecule has 0 radical (unpaired) electrons. The van der Waals surface area contributed by atoms with Gasteiger partial charge in [0.2, 0.25) is 0 Å². The number of rotatable bonds is 11. The Morgan fingerprint density at radius 3 is 2.13 bits per heavy atom. The average Bonchev–Trinajstić information content (AvgIpc) is 3.68. The van der Waals surface area contributed by atoms with E-state index in [4.69, 9.17) is 0 Å². The van der Waals surface area contributed by atoms with Gasteiger partial charge < -0.3 is 19.8 Å². The first-order valence-electron chi connectivity index (χ1n) is 14.9. The number of hydrogen-bond donors (Lipinski definition) is 2. The van der Waals surface area contributed by atoms with Crippen LogP contribution < -0.4 is 0 Å². The number of amides is 1. The highest BCUT2D eigenvalue weighted by Crippen LogP contribution is 2.40. The molecular formula is C31H45N7O. The third-order valence-electron chi connectivity index (χ3n) is 9.00. The Labute approximate surface area is 233 Å². The van der Waals surface area contributed by atoms with E-state index in [1.807, 2.05) is 24.5 Å². The number of aromatic amines is 2. The minimum absolute atomic E-state index is 0.183. The lowest BCUT2D eigenvalue weighted by molar-refractivity contribution is 0.0180. The van der Waals surface area contributed by atoms with Gasteiger partial charge in [0.05, 0.1) is 13.1 Å². The first-order chi connectivity index (χ1) is 19.1. The van der Waals surface area contributed by atoms with Crippen molar-refractivity contribution in [1.82, 2.24) is 34.6 Å². The van der Waals surface area contributed by atoms with Crippen LogP contribution in [0.4, 0.5) is 0 Å². The maximum absolute atomic E-state index is 13.6. The van der Waals surface area contributed by atoms with E-state index in [9.17, 15) is 4.79 Å². The molecule has 0 bridgehead atoms. The van der Waals surface area contributed by atoms with Gasteiger partial charge in [-0.1, -0.05) is 38.8 Å². The number of nitrogens with zero attached hydrogens (tertiary/aromatic N) is 5. The van der Waals surface area contributed by atoms with Gasteiger partial charge in [-0.05, 0) is 67.8 Å². The summed E-state index contributed by atoms with van der Waals surface area (Å²) >= 11 is 0. The third kappa shape index (κ3) is 7.17. The molecule has 4 heterocycles. The highest BCUT2D eigenvalue weighted by atomic mass is 16.2. The van der Waals surface area contributed by atoms with E-state index in [1.165, 1.54) is 57.3 Å². The van der Waals surface area contributed by atoms with E-state index in [0.29, 0.717) is 18.5 Å². The van der Waals surface area contributed by atoms with Gasteiger partial charge in [0.1, 0.15) is 11.6 Å². The lowest BCUT2D eigenvalue weighted by Crippen LogP contribution is -2.51. The first kappa shape index (κ1) is 27.6. The molecule has 1 aromatic carbocycles. The maximum Gasteiger partial charge on any atom is 0.253 e. The molecule has 2 fully saturated rings. The van der Waals surface area contributed by atoms with Crippen molar-refractivity contribution < 1.29 is 4.79 Å². The fourth-order valence-corrected chi connectivity index (χ4v) is 6.47. The van der Waals surface area contributed by atoms with Crippen molar-refractivity contribution in [2.24, 2.45) is 11.3 Å². The fraction of sp³-hybridized carbons (Fsp3) is 0.581. The molecule has 2 aliphatic heterocycles. The molecule has 5 rings (SSSR count). The third-order valence-corrected chi connectivity index (χ3v) is 9.00. The standard InChI is InChI=1S/C31H45N7O/c1-3-25(4-2)20-36-18-11-31(12-19-36)10-5-17-38(24-31)30(39)27-8-6-26(7-9-27)21-37(22-28-32-13-14-33-28)23-29-34-15-16-35-29/h6-9,13-16,25H,3-5,10-12,17-24H2,1-2H3,(H,32,33)(H,34,35). The Kier molecular flexibility index (Phi) is 9.14. The highest BCUT2D eigenvalue weighted by Gasteiger charge is 2.40. The van der Waals surface area contributed by atoms with Crippen molar-refractivity contribution in [2.75, 3.05) is 32.7 Å². The predicted molar refractivity (Wildman–Crippen MR) is 154 cm³/mol. The SMILES string of the molecule is CCC(CC)CN1CCC2(CCCN(C(=O)c3ccc(CN(Cc4ncc[nH]4)Cc4ncc[nH]4)cc3)C2)CC1. The summed E-state index contributed by atoms with van der Waals surface area (Å²) in [6.45, 7) is 12.1. The molecule has 3 aromatic rings. The zero-order valence-electron chi connectivity index (χ0n) is 23.7. The number of benzene rings is 1. The predicted octanol–water partition coefficient (Wildman–Crippen LogP) is 5.09. The number of hydrogen-bond acceptors (Lipinski definition) is 5. The monoisotopic (exact) mass is 531 g/mol. The molecule has 0 unspecified atom stereocenters. The number of imidazole rings is 2. The van der Waals surface area contributed by atoms with Crippen molar-refractivity contribution in [3.8, 4) is 0 Å². The van der Waals surface area contributed by atoms with Crippen molar-refractivity contribution in [3.63, 3.8) is 0 Å². The molecule has 0 saturated carbocycles. The van der Waals surface area contributed by atoms with Crippen LogP contribution in [0.5, 0.6) is 0 Å². The minimum atomic E-state index is 0.183. The molecule has 0 aliphatic carbocycles.